The number of amides is 1. The summed E-state index contributed by atoms with van der Waals surface area (Å²) in [5.41, 5.74) is 1.06. The van der Waals surface area contributed by atoms with E-state index in [9.17, 15) is 14.7 Å². The number of aromatic nitrogens is 1. The highest BCUT2D eigenvalue weighted by atomic mass is 16.5. The van der Waals surface area contributed by atoms with Gasteiger partial charge >= 0.3 is 0 Å². The number of hydrogen-bond donors (Lipinski definition) is 1. The highest BCUT2D eigenvalue weighted by Crippen LogP contribution is 2.40. The molecule has 2 saturated heterocycles. The molecule has 1 atom stereocenters. The molecule has 0 bridgehead atoms. The zero-order chi connectivity index (χ0) is 24.1. The molecule has 1 aromatic heterocycles. The van der Waals surface area contributed by atoms with E-state index in [0.717, 1.165) is 19.6 Å². The maximum absolute atomic E-state index is 13.1. The molecule has 0 saturated carbocycles. The third-order valence-electron chi connectivity index (χ3n) is 6.17. The van der Waals surface area contributed by atoms with Crippen LogP contribution in [0.4, 0.5) is 0 Å². The number of rotatable bonds is 8. The predicted octanol–water partition coefficient (Wildman–Crippen LogP) is 2.24. The van der Waals surface area contributed by atoms with E-state index in [1.165, 1.54) is 19.1 Å². The van der Waals surface area contributed by atoms with Crippen molar-refractivity contribution < 1.29 is 28.9 Å². The molecule has 9 heteroatoms. The van der Waals surface area contributed by atoms with E-state index in [-0.39, 0.29) is 11.3 Å². The first-order chi connectivity index (χ1) is 16.5. The zero-order valence-electron chi connectivity index (χ0n) is 19.4. The topological polar surface area (TPSA) is 101 Å². The highest BCUT2D eigenvalue weighted by Gasteiger charge is 2.46. The van der Waals surface area contributed by atoms with E-state index in [2.05, 4.69) is 9.88 Å². The van der Waals surface area contributed by atoms with Crippen LogP contribution >= 0.6 is 0 Å². The lowest BCUT2D eigenvalue weighted by atomic mass is 9.96. The average molecular weight is 468 g/mol. The van der Waals surface area contributed by atoms with Gasteiger partial charge in [-0.25, -0.2) is 0 Å². The summed E-state index contributed by atoms with van der Waals surface area (Å²) in [5, 5.41) is 11.2. The van der Waals surface area contributed by atoms with Gasteiger partial charge in [-0.3, -0.25) is 19.5 Å². The van der Waals surface area contributed by atoms with Crippen molar-refractivity contribution >= 4 is 17.4 Å². The Labute approximate surface area is 198 Å². The molecule has 9 nitrogen and oxygen atoms in total. The minimum absolute atomic E-state index is 0.0385. The van der Waals surface area contributed by atoms with Crippen LogP contribution < -0.4 is 9.47 Å². The second-order valence-corrected chi connectivity index (χ2v) is 8.16. The maximum atomic E-state index is 13.1. The molecule has 0 spiro atoms. The van der Waals surface area contributed by atoms with Crippen molar-refractivity contribution in [1.82, 2.24) is 14.8 Å². The van der Waals surface area contributed by atoms with Crippen molar-refractivity contribution in [3.05, 3.63) is 59.4 Å². The van der Waals surface area contributed by atoms with E-state index in [4.69, 9.17) is 14.2 Å². The molecule has 1 aromatic carbocycles. The van der Waals surface area contributed by atoms with Gasteiger partial charge in [-0.1, -0.05) is 6.07 Å². The van der Waals surface area contributed by atoms with E-state index in [1.54, 1.807) is 42.7 Å². The third kappa shape index (κ3) is 4.76. The number of carbonyl (C=O) groups is 2. The molecule has 4 rings (SSSR count). The molecule has 2 fully saturated rings. The Bertz CT molecular complexity index is 1070. The number of hydrogen-bond acceptors (Lipinski definition) is 8. The van der Waals surface area contributed by atoms with Crippen LogP contribution in [0, 0.1) is 0 Å². The summed E-state index contributed by atoms with van der Waals surface area (Å²) in [5.74, 6) is -0.704. The lowest BCUT2D eigenvalue weighted by Gasteiger charge is -2.29. The molecular formula is C25H29N3O6. The van der Waals surface area contributed by atoms with Crippen LogP contribution in [0.25, 0.3) is 5.76 Å². The normalized spacial score (nSPS) is 20.5. The molecule has 0 radical (unpaired) electrons. The van der Waals surface area contributed by atoms with Gasteiger partial charge in [0.15, 0.2) is 11.5 Å². The summed E-state index contributed by atoms with van der Waals surface area (Å²) in [4.78, 5) is 34.2. The number of Topliss-reactive ketones (excluding diaryl/α,β-unsaturated/α-hetero) is 1. The molecule has 1 unspecified atom stereocenters. The van der Waals surface area contributed by atoms with Crippen LogP contribution in [-0.2, 0) is 14.3 Å². The van der Waals surface area contributed by atoms with Crippen molar-refractivity contribution in [2.75, 3.05) is 53.6 Å². The van der Waals surface area contributed by atoms with Crippen LogP contribution in [0.15, 0.2) is 48.3 Å². The fourth-order valence-corrected chi connectivity index (χ4v) is 4.42. The first-order valence-corrected chi connectivity index (χ1v) is 11.3. The van der Waals surface area contributed by atoms with Gasteiger partial charge in [-0.05, 0) is 36.2 Å². The summed E-state index contributed by atoms with van der Waals surface area (Å²) in [6, 6.07) is 7.68. The minimum Gasteiger partial charge on any atom is -0.507 e. The van der Waals surface area contributed by atoms with Crippen LogP contribution in [-0.4, -0.2) is 85.2 Å². The first-order valence-electron chi connectivity index (χ1n) is 11.3. The van der Waals surface area contributed by atoms with E-state index < -0.39 is 17.7 Å². The molecule has 2 aromatic rings. The van der Waals surface area contributed by atoms with Gasteiger partial charge in [0.25, 0.3) is 11.7 Å². The molecule has 1 N–H and O–H groups in total. The Morgan fingerprint density at radius 2 is 1.88 bits per heavy atom. The van der Waals surface area contributed by atoms with Gasteiger partial charge in [-0.15, -0.1) is 0 Å². The summed E-state index contributed by atoms with van der Waals surface area (Å²) in [6.45, 7) is 4.28. The molecule has 180 valence electrons. The number of methoxy groups -OCH3 is 2. The van der Waals surface area contributed by atoms with Crippen LogP contribution in [0.2, 0.25) is 0 Å². The van der Waals surface area contributed by atoms with Gasteiger partial charge in [0.05, 0.1) is 39.0 Å². The van der Waals surface area contributed by atoms with E-state index in [1.807, 2.05) is 0 Å². The van der Waals surface area contributed by atoms with Crippen molar-refractivity contribution in [2.24, 2.45) is 0 Å². The monoisotopic (exact) mass is 467 g/mol. The van der Waals surface area contributed by atoms with E-state index >= 15 is 0 Å². The number of benzene rings is 1. The number of morpholine rings is 1. The van der Waals surface area contributed by atoms with Crippen molar-refractivity contribution in [2.45, 2.75) is 12.5 Å². The molecule has 3 heterocycles. The van der Waals surface area contributed by atoms with Crippen molar-refractivity contribution in [3.8, 4) is 11.5 Å². The van der Waals surface area contributed by atoms with Crippen LogP contribution in [0.5, 0.6) is 11.5 Å². The second-order valence-electron chi connectivity index (χ2n) is 8.16. The van der Waals surface area contributed by atoms with Gasteiger partial charge in [0.2, 0.25) is 0 Å². The zero-order valence-corrected chi connectivity index (χ0v) is 19.4. The number of aliphatic hydroxyl groups is 1. The summed E-state index contributed by atoms with van der Waals surface area (Å²) in [6.07, 6.45) is 3.94. The summed E-state index contributed by atoms with van der Waals surface area (Å²) in [7, 11) is 3.01. The third-order valence-corrected chi connectivity index (χ3v) is 6.17. The number of carbonyl (C=O) groups excluding carboxylic acids is 2. The maximum Gasteiger partial charge on any atom is 0.295 e. The highest BCUT2D eigenvalue weighted by molar-refractivity contribution is 6.46. The smallest absolute Gasteiger partial charge is 0.295 e. The van der Waals surface area contributed by atoms with Crippen LogP contribution in [0.1, 0.15) is 23.6 Å². The Morgan fingerprint density at radius 1 is 1.12 bits per heavy atom. The number of nitrogens with zero attached hydrogens (tertiary/aromatic N) is 3. The molecule has 0 aliphatic carbocycles. The largest absolute Gasteiger partial charge is 0.507 e. The fraction of sp³-hybridized carbons (Fsp3) is 0.400. The lowest BCUT2D eigenvalue weighted by molar-refractivity contribution is -0.140. The number of aliphatic hydroxyl groups excluding tert-OH is 1. The first kappa shape index (κ1) is 23.7. The Morgan fingerprint density at radius 3 is 2.56 bits per heavy atom. The van der Waals surface area contributed by atoms with Crippen molar-refractivity contribution in [1.29, 1.82) is 0 Å². The Kier molecular flexibility index (Phi) is 7.44. The number of pyridine rings is 1. The average Bonchev–Trinajstić information content (AvgIpc) is 3.14. The van der Waals surface area contributed by atoms with E-state index in [0.29, 0.717) is 48.8 Å². The van der Waals surface area contributed by atoms with Gasteiger partial charge in [0.1, 0.15) is 5.76 Å². The molecule has 34 heavy (non-hydrogen) atoms. The number of likely N-dealkylation sites (tertiary alicyclic amines) is 1. The quantitative estimate of drug-likeness (QED) is 0.358. The molecular weight excluding hydrogens is 438 g/mol. The Balaban J connectivity index is 1.67. The standard InChI is InChI=1S/C25H29N3O6/c1-32-19-7-6-17(15-20(19)33-2)23(29)21-22(18-5-3-8-26-16-18)28(25(31)24(21)30)10-4-9-27-11-13-34-14-12-27/h3,5-8,15-16,22,29H,4,9-14H2,1-2H3/b23-21-. The molecule has 2 aliphatic heterocycles. The minimum atomic E-state index is -0.730. The SMILES string of the molecule is COc1ccc(/C(O)=C2/C(=O)C(=O)N(CCCN3CCOCC3)C2c2cccnc2)cc1OC. The second kappa shape index (κ2) is 10.7. The Hall–Kier alpha value is -3.43. The molecule has 2 aliphatic rings. The lowest BCUT2D eigenvalue weighted by Crippen LogP contribution is -2.39. The number of ether oxygens (including phenoxy) is 3. The van der Waals surface area contributed by atoms with Gasteiger partial charge < -0.3 is 24.2 Å². The molecule has 1 amide bonds. The number of ketones is 1. The fourth-order valence-electron chi connectivity index (χ4n) is 4.42. The van der Waals surface area contributed by atoms with Gasteiger partial charge in [-0.2, -0.15) is 0 Å². The van der Waals surface area contributed by atoms with Gasteiger partial charge in [0, 0.05) is 44.1 Å². The summed E-state index contributed by atoms with van der Waals surface area (Å²) >= 11 is 0. The van der Waals surface area contributed by atoms with Crippen LogP contribution in [0.3, 0.4) is 0 Å². The summed E-state index contributed by atoms with van der Waals surface area (Å²) < 4.78 is 16.0. The predicted molar refractivity (Wildman–Crippen MR) is 125 cm³/mol. The van der Waals surface area contributed by atoms with Crippen molar-refractivity contribution in [3.63, 3.8) is 0 Å².